The van der Waals surface area contributed by atoms with Crippen LogP contribution >= 0.6 is 0 Å². The highest BCUT2D eigenvalue weighted by molar-refractivity contribution is 5.86. The van der Waals surface area contributed by atoms with Crippen molar-refractivity contribution in [1.82, 2.24) is 0 Å². The highest BCUT2D eigenvalue weighted by Crippen LogP contribution is 2.32. The summed E-state index contributed by atoms with van der Waals surface area (Å²) in [5.74, 6) is 0. The molecule has 0 spiro atoms. The molecule has 0 saturated carbocycles. The number of hydrogen-bond acceptors (Lipinski definition) is 2. The summed E-state index contributed by atoms with van der Waals surface area (Å²) in [6.45, 7) is 13.3. The lowest BCUT2D eigenvalue weighted by atomic mass is 9.86. The first kappa shape index (κ1) is 21.7. The maximum Gasteiger partial charge on any atom is 0.0667 e. The van der Waals surface area contributed by atoms with Gasteiger partial charge in [-0.2, -0.15) is 0 Å². The summed E-state index contributed by atoms with van der Waals surface area (Å²) in [6, 6.07) is 25.0. The lowest BCUT2D eigenvalue weighted by Crippen LogP contribution is -2.11. The average molecular weight is 397 g/mol. The molecule has 3 aromatic rings. The molecule has 2 heteroatoms. The van der Waals surface area contributed by atoms with Gasteiger partial charge in [-0.15, -0.1) is 0 Å². The van der Waals surface area contributed by atoms with Gasteiger partial charge in [0.2, 0.25) is 0 Å². The van der Waals surface area contributed by atoms with Crippen LogP contribution in [0, 0.1) is 0 Å². The smallest absolute Gasteiger partial charge is 0.0667 e. The Balaban J connectivity index is 1.78. The Hall–Kier alpha value is -3.00. The third kappa shape index (κ3) is 5.54. The van der Waals surface area contributed by atoms with Crippen LogP contribution in [0.15, 0.2) is 82.8 Å². The number of hydrogen-bond donors (Lipinski definition) is 0. The van der Waals surface area contributed by atoms with Crippen molar-refractivity contribution in [3.63, 3.8) is 0 Å². The van der Waals surface area contributed by atoms with Crippen LogP contribution in [0.3, 0.4) is 0 Å². The van der Waals surface area contributed by atoms with E-state index in [2.05, 4.69) is 102 Å². The summed E-state index contributed by atoms with van der Waals surface area (Å²) in [4.78, 5) is 9.49. The molecule has 0 aromatic heterocycles. The first-order valence-electron chi connectivity index (χ1n) is 10.5. The van der Waals surface area contributed by atoms with Crippen LogP contribution in [0.25, 0.3) is 0 Å². The van der Waals surface area contributed by atoms with Gasteiger partial charge in [0.1, 0.15) is 0 Å². The second-order valence-corrected chi connectivity index (χ2v) is 9.72. The molecule has 0 bridgehead atoms. The van der Waals surface area contributed by atoms with E-state index in [1.165, 1.54) is 11.1 Å². The van der Waals surface area contributed by atoms with Crippen molar-refractivity contribution in [2.24, 2.45) is 9.98 Å². The zero-order chi connectivity index (χ0) is 21.8. The van der Waals surface area contributed by atoms with Gasteiger partial charge in [-0.25, -0.2) is 0 Å². The van der Waals surface area contributed by atoms with E-state index < -0.39 is 0 Å². The summed E-state index contributed by atoms with van der Waals surface area (Å²) < 4.78 is 0. The van der Waals surface area contributed by atoms with Gasteiger partial charge in [0.15, 0.2) is 0 Å². The maximum absolute atomic E-state index is 4.75. The van der Waals surface area contributed by atoms with Crippen LogP contribution in [0.5, 0.6) is 0 Å². The molecular weight excluding hydrogens is 364 g/mol. The summed E-state index contributed by atoms with van der Waals surface area (Å²) in [5, 5.41) is 0. The quantitative estimate of drug-likeness (QED) is 0.402. The van der Waals surface area contributed by atoms with Crippen molar-refractivity contribution in [2.45, 2.75) is 52.4 Å². The molecule has 2 nitrogen and oxygen atoms in total. The standard InChI is InChI=1S/C28H32N2/c1-27(2,3)23-11-7-9-13-25(23)29-19-21-15-17-22(18-16-21)20-30-26-14-10-8-12-24(26)28(4,5)6/h7-20H,1-6H3. The molecule has 30 heavy (non-hydrogen) atoms. The van der Waals surface area contributed by atoms with Gasteiger partial charge >= 0.3 is 0 Å². The van der Waals surface area contributed by atoms with Crippen LogP contribution in [-0.2, 0) is 10.8 Å². The van der Waals surface area contributed by atoms with E-state index in [1.54, 1.807) is 0 Å². The molecule has 154 valence electrons. The van der Waals surface area contributed by atoms with Crippen molar-refractivity contribution in [3.05, 3.63) is 95.1 Å². The zero-order valence-electron chi connectivity index (χ0n) is 19.0. The van der Waals surface area contributed by atoms with E-state index in [0.29, 0.717) is 0 Å². The maximum atomic E-state index is 4.75. The molecule has 0 unspecified atom stereocenters. The predicted molar refractivity (Wildman–Crippen MR) is 131 cm³/mol. The van der Waals surface area contributed by atoms with Crippen LogP contribution in [0.4, 0.5) is 11.4 Å². The fourth-order valence-corrected chi connectivity index (χ4v) is 3.40. The Bertz CT molecular complexity index is 956. The van der Waals surface area contributed by atoms with Gasteiger partial charge in [-0.05, 0) is 45.2 Å². The van der Waals surface area contributed by atoms with Crippen LogP contribution in [-0.4, -0.2) is 12.4 Å². The zero-order valence-corrected chi connectivity index (χ0v) is 19.0. The van der Waals surface area contributed by atoms with Gasteiger partial charge in [0, 0.05) is 12.4 Å². The molecule has 0 aliphatic heterocycles. The van der Waals surface area contributed by atoms with Gasteiger partial charge in [0.25, 0.3) is 0 Å². The topological polar surface area (TPSA) is 24.7 Å². The third-order valence-corrected chi connectivity index (χ3v) is 5.07. The lowest BCUT2D eigenvalue weighted by Gasteiger charge is -2.20. The second kappa shape index (κ2) is 8.79. The number of nitrogens with zero attached hydrogens (tertiary/aromatic N) is 2. The van der Waals surface area contributed by atoms with Crippen molar-refractivity contribution >= 4 is 23.8 Å². The van der Waals surface area contributed by atoms with Crippen molar-refractivity contribution < 1.29 is 0 Å². The van der Waals surface area contributed by atoms with Crippen molar-refractivity contribution in [2.75, 3.05) is 0 Å². The molecular formula is C28H32N2. The molecule has 0 aliphatic carbocycles. The van der Waals surface area contributed by atoms with E-state index in [0.717, 1.165) is 22.5 Å². The van der Waals surface area contributed by atoms with E-state index >= 15 is 0 Å². The van der Waals surface area contributed by atoms with E-state index in [4.69, 9.17) is 9.98 Å². The summed E-state index contributed by atoms with van der Waals surface area (Å²) in [6.07, 6.45) is 3.86. The molecule has 0 N–H and O–H groups in total. The Morgan fingerprint density at radius 3 is 1.17 bits per heavy atom. The third-order valence-electron chi connectivity index (χ3n) is 5.07. The molecule has 0 amide bonds. The number of rotatable bonds is 4. The van der Waals surface area contributed by atoms with Crippen LogP contribution < -0.4 is 0 Å². The number of aliphatic imine (C=N–C) groups is 2. The predicted octanol–water partition coefficient (Wildman–Crippen LogP) is 7.78. The molecule has 3 rings (SSSR count). The van der Waals surface area contributed by atoms with Gasteiger partial charge in [0.05, 0.1) is 11.4 Å². The first-order chi connectivity index (χ1) is 14.1. The molecule has 0 aliphatic rings. The minimum atomic E-state index is 0.0671. The minimum Gasteiger partial charge on any atom is -0.256 e. The monoisotopic (exact) mass is 396 g/mol. The molecule has 0 atom stereocenters. The normalized spacial score (nSPS) is 12.7. The van der Waals surface area contributed by atoms with Gasteiger partial charge in [-0.1, -0.05) is 102 Å². The Labute approximate surface area is 181 Å². The van der Waals surface area contributed by atoms with Crippen molar-refractivity contribution in [3.8, 4) is 0 Å². The second-order valence-electron chi connectivity index (χ2n) is 9.72. The lowest BCUT2D eigenvalue weighted by molar-refractivity contribution is 0.591. The Morgan fingerprint density at radius 2 is 0.833 bits per heavy atom. The highest BCUT2D eigenvalue weighted by atomic mass is 14.7. The molecule has 0 fully saturated rings. The molecule has 0 radical (unpaired) electrons. The summed E-state index contributed by atoms with van der Waals surface area (Å²) in [5.41, 5.74) is 6.83. The fourth-order valence-electron chi connectivity index (χ4n) is 3.40. The van der Waals surface area contributed by atoms with Crippen LogP contribution in [0.2, 0.25) is 0 Å². The fraction of sp³-hybridized carbons (Fsp3) is 0.286. The Kier molecular flexibility index (Phi) is 6.36. The molecule has 0 heterocycles. The summed E-state index contributed by atoms with van der Waals surface area (Å²) in [7, 11) is 0. The van der Waals surface area contributed by atoms with E-state index in [9.17, 15) is 0 Å². The van der Waals surface area contributed by atoms with Gasteiger partial charge < -0.3 is 0 Å². The summed E-state index contributed by atoms with van der Waals surface area (Å²) >= 11 is 0. The number of benzene rings is 3. The first-order valence-corrected chi connectivity index (χ1v) is 10.5. The average Bonchev–Trinajstić information content (AvgIpc) is 2.70. The van der Waals surface area contributed by atoms with Gasteiger partial charge in [-0.3, -0.25) is 9.98 Å². The van der Waals surface area contributed by atoms with Crippen molar-refractivity contribution in [1.29, 1.82) is 0 Å². The van der Waals surface area contributed by atoms with E-state index in [1.807, 2.05) is 24.6 Å². The molecule has 3 aromatic carbocycles. The van der Waals surface area contributed by atoms with E-state index in [-0.39, 0.29) is 10.8 Å². The molecule has 0 saturated heterocycles. The highest BCUT2D eigenvalue weighted by Gasteiger charge is 2.17. The SMILES string of the molecule is CC(C)(C)c1ccccc1N=Cc1ccc(C=Nc2ccccc2C(C)(C)C)cc1. The Morgan fingerprint density at radius 1 is 0.500 bits per heavy atom. The largest absolute Gasteiger partial charge is 0.256 e. The van der Waals surface area contributed by atoms with Crippen LogP contribution in [0.1, 0.15) is 63.8 Å². The minimum absolute atomic E-state index is 0.0671. The number of para-hydroxylation sites is 2.